The van der Waals surface area contributed by atoms with Gasteiger partial charge in [-0.1, -0.05) is 11.6 Å². The quantitative estimate of drug-likeness (QED) is 0.313. The summed E-state index contributed by atoms with van der Waals surface area (Å²) in [6.07, 6.45) is 2.41. The zero-order chi connectivity index (χ0) is 19.1. The number of methoxy groups -OCH3 is 1. The number of nitrogens with zero attached hydrogens (tertiary/aromatic N) is 3. The van der Waals surface area contributed by atoms with Gasteiger partial charge in [0.25, 0.3) is 5.24 Å². The van der Waals surface area contributed by atoms with E-state index in [-0.39, 0.29) is 17.0 Å². The first-order valence-corrected chi connectivity index (χ1v) is 10.8. The minimum absolute atomic E-state index is 0.225. The van der Waals surface area contributed by atoms with Crippen LogP contribution in [0.15, 0.2) is 22.0 Å². The smallest absolute Gasteiger partial charge is 0.315 e. The summed E-state index contributed by atoms with van der Waals surface area (Å²) in [5, 5.41) is 5.71. The third-order valence-corrected chi connectivity index (χ3v) is 6.55. The molecular formula is C16H21ClN3O3PS2. The summed E-state index contributed by atoms with van der Waals surface area (Å²) in [6.45, 7) is 5.47. The number of amides is 1. The molecule has 1 amide bonds. The Balaban J connectivity index is 0.000000206. The minimum atomic E-state index is -0.288. The van der Waals surface area contributed by atoms with Gasteiger partial charge in [0.1, 0.15) is 0 Å². The Morgan fingerprint density at radius 3 is 2.85 bits per heavy atom. The molecule has 142 valence electrons. The predicted octanol–water partition coefficient (Wildman–Crippen LogP) is 3.56. The van der Waals surface area contributed by atoms with E-state index < -0.39 is 0 Å². The lowest BCUT2D eigenvalue weighted by atomic mass is 10.2. The number of aliphatic imine (C=N–C) groups is 1. The summed E-state index contributed by atoms with van der Waals surface area (Å²) in [5.41, 5.74) is 0.738. The molecule has 3 rings (SSSR count). The van der Waals surface area contributed by atoms with Gasteiger partial charge in [-0.25, -0.2) is 5.01 Å². The number of carbonyl (C=O) groups is 2. The van der Waals surface area contributed by atoms with Crippen LogP contribution < -0.4 is 5.30 Å². The number of rotatable bonds is 4. The molecule has 26 heavy (non-hydrogen) atoms. The van der Waals surface area contributed by atoms with Crippen LogP contribution in [0.1, 0.15) is 12.8 Å². The second kappa shape index (κ2) is 10.5. The van der Waals surface area contributed by atoms with E-state index in [0.717, 1.165) is 34.9 Å². The number of hydrogen-bond acceptors (Lipinski definition) is 7. The molecule has 0 saturated carbocycles. The second-order valence-corrected chi connectivity index (χ2v) is 8.41. The maximum Gasteiger partial charge on any atom is 0.315 e. The van der Waals surface area contributed by atoms with Gasteiger partial charge in [0.05, 0.1) is 29.4 Å². The third-order valence-electron chi connectivity index (χ3n) is 3.75. The second-order valence-electron chi connectivity index (χ2n) is 5.46. The number of thioether (sulfide) groups is 2. The summed E-state index contributed by atoms with van der Waals surface area (Å²) in [5.74, 6) is 0.811. The Morgan fingerprint density at radius 2 is 2.19 bits per heavy atom. The number of hydrogen-bond donors (Lipinski definition) is 0. The van der Waals surface area contributed by atoms with Gasteiger partial charge in [0, 0.05) is 18.0 Å². The van der Waals surface area contributed by atoms with E-state index >= 15 is 0 Å². The number of fused-ring (bicyclic) bond motifs is 1. The van der Waals surface area contributed by atoms with Crippen LogP contribution in [0.5, 0.6) is 0 Å². The number of esters is 1. The number of ether oxygens (including phenoxy) is 1. The molecule has 0 radical (unpaired) electrons. The first-order valence-electron chi connectivity index (χ1n) is 7.90. The molecule has 1 aromatic rings. The molecule has 0 aliphatic carbocycles. The van der Waals surface area contributed by atoms with Crippen molar-refractivity contribution >= 4 is 73.3 Å². The Labute approximate surface area is 169 Å². The Kier molecular flexibility index (Phi) is 8.70. The van der Waals surface area contributed by atoms with E-state index in [9.17, 15) is 9.59 Å². The van der Waals surface area contributed by atoms with E-state index in [4.69, 9.17) is 11.6 Å². The van der Waals surface area contributed by atoms with Crippen LogP contribution in [0, 0.1) is 0 Å². The van der Waals surface area contributed by atoms with Crippen LogP contribution >= 0.6 is 44.4 Å². The van der Waals surface area contributed by atoms with Crippen LogP contribution in [0.4, 0.5) is 10.5 Å². The fourth-order valence-electron chi connectivity index (χ4n) is 2.36. The van der Waals surface area contributed by atoms with E-state index in [1.54, 1.807) is 12.1 Å². The van der Waals surface area contributed by atoms with Crippen LogP contribution in [-0.4, -0.2) is 59.8 Å². The first-order chi connectivity index (χ1) is 12.5. The molecular weight excluding hydrogens is 413 g/mol. The van der Waals surface area contributed by atoms with Crippen molar-refractivity contribution in [2.24, 2.45) is 4.99 Å². The zero-order valence-electron chi connectivity index (χ0n) is 14.4. The highest BCUT2D eigenvalue weighted by molar-refractivity contribution is 8.13. The van der Waals surface area contributed by atoms with Crippen LogP contribution in [-0.2, 0) is 9.53 Å². The molecule has 0 bridgehead atoms. The molecule has 0 spiro atoms. The van der Waals surface area contributed by atoms with Crippen molar-refractivity contribution in [3.05, 3.63) is 17.2 Å². The minimum Gasteiger partial charge on any atom is -0.468 e. The molecule has 1 atom stereocenters. The normalized spacial score (nSPS) is 16.6. The van der Waals surface area contributed by atoms with Crippen LogP contribution in [0.25, 0.3) is 0 Å². The van der Waals surface area contributed by atoms with Crippen molar-refractivity contribution in [2.75, 3.05) is 31.8 Å². The Bertz CT molecular complexity index is 693. The van der Waals surface area contributed by atoms with Gasteiger partial charge in [-0.3, -0.25) is 19.6 Å². The largest absolute Gasteiger partial charge is 0.468 e. The molecule has 2 aliphatic heterocycles. The molecule has 2 fully saturated rings. The number of benzene rings is 1. The average Bonchev–Trinajstić information content (AvgIpc) is 3.03. The average molecular weight is 434 g/mol. The molecule has 6 nitrogen and oxygen atoms in total. The van der Waals surface area contributed by atoms with E-state index in [1.165, 1.54) is 43.5 Å². The van der Waals surface area contributed by atoms with Crippen molar-refractivity contribution in [1.29, 1.82) is 0 Å². The highest BCUT2D eigenvalue weighted by Gasteiger charge is 2.31. The van der Waals surface area contributed by atoms with Gasteiger partial charge in [0.2, 0.25) is 0 Å². The Hall–Kier alpha value is -0.790. The first kappa shape index (κ1) is 21.5. The van der Waals surface area contributed by atoms with Gasteiger partial charge >= 0.3 is 5.97 Å². The molecule has 2 heterocycles. The summed E-state index contributed by atoms with van der Waals surface area (Å²) in [4.78, 5) is 26.7. The maximum absolute atomic E-state index is 11.1. The molecule has 1 unspecified atom stereocenters. The molecule has 0 aromatic heterocycles. The maximum atomic E-state index is 11.1. The molecule has 1 aromatic carbocycles. The lowest BCUT2D eigenvalue weighted by molar-refractivity contribution is -0.137. The van der Waals surface area contributed by atoms with Crippen molar-refractivity contribution in [3.63, 3.8) is 0 Å². The third kappa shape index (κ3) is 5.86. The van der Waals surface area contributed by atoms with Crippen molar-refractivity contribution in [2.45, 2.75) is 17.7 Å². The highest BCUT2D eigenvalue weighted by atomic mass is 35.5. The predicted molar refractivity (Wildman–Crippen MR) is 113 cm³/mol. The summed E-state index contributed by atoms with van der Waals surface area (Å²) in [6, 6.07) is 3.57. The number of hydrazine groups is 1. The van der Waals surface area contributed by atoms with Crippen molar-refractivity contribution in [1.82, 2.24) is 10.0 Å². The van der Waals surface area contributed by atoms with E-state index in [2.05, 4.69) is 30.7 Å². The van der Waals surface area contributed by atoms with Crippen LogP contribution in [0.3, 0.4) is 0 Å². The van der Waals surface area contributed by atoms with E-state index in [1.807, 2.05) is 5.01 Å². The summed E-state index contributed by atoms with van der Waals surface area (Å²) < 4.78 is 4.55. The summed E-state index contributed by atoms with van der Waals surface area (Å²) in [7, 11) is 3.89. The van der Waals surface area contributed by atoms with Gasteiger partial charge < -0.3 is 4.74 Å². The molecule has 2 saturated heterocycles. The molecule has 2 aliphatic rings. The van der Waals surface area contributed by atoms with Gasteiger partial charge in [0.15, 0.2) is 0 Å². The molecule has 0 N–H and O–H groups in total. The molecule has 10 heteroatoms. The van der Waals surface area contributed by atoms with Gasteiger partial charge in [-0.15, -0.1) is 21.0 Å². The van der Waals surface area contributed by atoms with Crippen molar-refractivity contribution in [3.8, 4) is 0 Å². The van der Waals surface area contributed by atoms with Crippen LogP contribution in [0.2, 0.25) is 5.02 Å². The topological polar surface area (TPSA) is 62.2 Å². The Morgan fingerprint density at radius 1 is 1.46 bits per heavy atom. The fraction of sp³-hybridized carbons (Fsp3) is 0.438. The van der Waals surface area contributed by atoms with Gasteiger partial charge in [-0.2, -0.15) is 0 Å². The zero-order valence-corrected chi connectivity index (χ0v) is 18.0. The fourth-order valence-corrected chi connectivity index (χ4v) is 4.81. The monoisotopic (exact) mass is 433 g/mol. The summed E-state index contributed by atoms with van der Waals surface area (Å²) >= 11 is 8.77. The lowest BCUT2D eigenvalue weighted by Gasteiger charge is -2.30. The lowest BCUT2D eigenvalue weighted by Crippen LogP contribution is -2.43. The standard InChI is InChI=1S/C10H11ClNO2PS.C6H10N2OS/c1-12-7-4-9(6(11)3-8(7)15)16-5-10(13)14-2;9-6-8-4-2-1-3-7(8)5-10-6/h3-4H,1,5,15H2,2H3;1-5H2. The van der Waals surface area contributed by atoms with E-state index in [0.29, 0.717) is 5.02 Å². The van der Waals surface area contributed by atoms with Crippen molar-refractivity contribution < 1.29 is 14.3 Å². The highest BCUT2D eigenvalue weighted by Crippen LogP contribution is 2.30. The number of halogens is 1. The SMILES string of the molecule is C=Nc1cc(SCC(=O)OC)c(Cl)cc1P.O=C1SCN2CCCCN12. The number of carbonyl (C=O) groups excluding carboxylic acids is 2. The van der Waals surface area contributed by atoms with Gasteiger partial charge in [-0.05, 0) is 48.8 Å².